The average molecular weight is 239 g/mol. The van der Waals surface area contributed by atoms with Gasteiger partial charge in [-0.15, -0.1) is 0 Å². The molecular formula is C11H12FN2O3-. The quantitative estimate of drug-likeness (QED) is 0.765. The van der Waals surface area contributed by atoms with Crippen LogP contribution in [0.2, 0.25) is 0 Å². The van der Waals surface area contributed by atoms with Crippen molar-refractivity contribution in [1.82, 2.24) is 4.98 Å². The number of halogens is 1. The molecule has 0 aliphatic rings. The number of nitrogens with one attached hydrogen (secondary N) is 1. The van der Waals surface area contributed by atoms with Crippen LogP contribution in [0.3, 0.4) is 0 Å². The first kappa shape index (κ1) is 13.1. The van der Waals surface area contributed by atoms with E-state index in [0.29, 0.717) is 0 Å². The molecule has 5 nitrogen and oxygen atoms in total. The van der Waals surface area contributed by atoms with E-state index < -0.39 is 23.2 Å². The Bertz CT molecular complexity index is 466. The molecule has 0 fully saturated rings. The third-order valence-electron chi connectivity index (χ3n) is 1.99. The molecule has 1 N–H and O–H groups in total. The van der Waals surface area contributed by atoms with Gasteiger partial charge in [0.05, 0.1) is 5.97 Å². The van der Waals surface area contributed by atoms with Crippen molar-refractivity contribution in [2.45, 2.75) is 20.8 Å². The number of nitrogens with zero attached hydrogens (tertiary/aromatic N) is 1. The summed E-state index contributed by atoms with van der Waals surface area (Å²) in [6.45, 7) is 4.92. The number of carboxylic acid groups (broad SMARTS) is 1. The predicted octanol–water partition coefficient (Wildman–Crippen LogP) is 0.569. The van der Waals surface area contributed by atoms with E-state index in [1.165, 1.54) is 0 Å². The molecule has 1 amide bonds. The predicted molar refractivity (Wildman–Crippen MR) is 56.6 cm³/mol. The number of carboxylic acids is 1. The first-order chi connectivity index (χ1) is 7.71. The molecular weight excluding hydrogens is 227 g/mol. The van der Waals surface area contributed by atoms with E-state index in [1.807, 2.05) is 0 Å². The number of anilines is 1. The topological polar surface area (TPSA) is 82.1 Å². The second-order valence-electron chi connectivity index (χ2n) is 4.52. The highest BCUT2D eigenvalue weighted by Gasteiger charge is 2.22. The molecule has 1 aromatic rings. The zero-order chi connectivity index (χ0) is 13.2. The Kier molecular flexibility index (Phi) is 3.45. The minimum absolute atomic E-state index is 0.343. The van der Waals surface area contributed by atoms with E-state index in [4.69, 9.17) is 0 Å². The molecule has 0 unspecified atom stereocenters. The molecule has 17 heavy (non-hydrogen) atoms. The summed E-state index contributed by atoms with van der Waals surface area (Å²) in [5.74, 6) is -3.20. The van der Waals surface area contributed by atoms with E-state index in [2.05, 4.69) is 10.3 Å². The average Bonchev–Trinajstić information content (AvgIpc) is 2.15. The van der Waals surface area contributed by atoms with E-state index in [9.17, 15) is 19.1 Å². The third kappa shape index (κ3) is 3.24. The Morgan fingerprint density at radius 3 is 2.41 bits per heavy atom. The Balaban J connectivity index is 3.09. The molecule has 92 valence electrons. The van der Waals surface area contributed by atoms with E-state index in [-0.39, 0.29) is 11.4 Å². The van der Waals surface area contributed by atoms with Crippen LogP contribution in [0.4, 0.5) is 10.2 Å². The maximum absolute atomic E-state index is 12.9. The fourth-order valence-electron chi connectivity index (χ4n) is 0.990. The SMILES string of the molecule is CC(C)(C)C(=O)Nc1nc(F)ccc1C(=O)[O-]. The first-order valence-corrected chi connectivity index (χ1v) is 4.91. The molecule has 0 saturated carbocycles. The number of pyridine rings is 1. The molecule has 1 heterocycles. The summed E-state index contributed by atoms with van der Waals surface area (Å²) < 4.78 is 12.9. The molecule has 0 aliphatic carbocycles. The van der Waals surface area contributed by atoms with Crippen molar-refractivity contribution in [3.8, 4) is 0 Å². The number of hydrogen-bond acceptors (Lipinski definition) is 4. The fourth-order valence-corrected chi connectivity index (χ4v) is 0.990. The van der Waals surface area contributed by atoms with Gasteiger partial charge in [-0.25, -0.2) is 4.98 Å². The van der Waals surface area contributed by atoms with Crippen molar-refractivity contribution in [2.75, 3.05) is 5.32 Å². The molecule has 0 aromatic carbocycles. The van der Waals surface area contributed by atoms with Crippen molar-refractivity contribution >= 4 is 17.7 Å². The van der Waals surface area contributed by atoms with E-state index in [0.717, 1.165) is 12.1 Å². The van der Waals surface area contributed by atoms with Crippen LogP contribution in [0, 0.1) is 11.4 Å². The number of amides is 1. The molecule has 0 aliphatic heterocycles. The molecule has 0 radical (unpaired) electrons. The molecule has 0 saturated heterocycles. The van der Waals surface area contributed by atoms with Gasteiger partial charge in [-0.05, 0) is 12.1 Å². The molecule has 0 bridgehead atoms. The Hall–Kier alpha value is -1.98. The van der Waals surface area contributed by atoms with Gasteiger partial charge >= 0.3 is 0 Å². The monoisotopic (exact) mass is 239 g/mol. The van der Waals surface area contributed by atoms with Gasteiger partial charge in [-0.3, -0.25) is 4.79 Å². The summed E-state index contributed by atoms with van der Waals surface area (Å²) in [5.41, 5.74) is -1.10. The van der Waals surface area contributed by atoms with Crippen LogP contribution in [0.15, 0.2) is 12.1 Å². The summed E-state index contributed by atoms with van der Waals surface area (Å²) in [6, 6.07) is 1.88. The van der Waals surface area contributed by atoms with Gasteiger partial charge in [0.2, 0.25) is 11.9 Å². The Morgan fingerprint density at radius 1 is 1.35 bits per heavy atom. The van der Waals surface area contributed by atoms with Gasteiger partial charge in [0.25, 0.3) is 0 Å². The van der Waals surface area contributed by atoms with Crippen LogP contribution in [0.5, 0.6) is 0 Å². The Morgan fingerprint density at radius 2 is 1.94 bits per heavy atom. The van der Waals surface area contributed by atoms with Crippen molar-refractivity contribution in [3.63, 3.8) is 0 Å². The first-order valence-electron chi connectivity index (χ1n) is 4.91. The number of hydrogen-bond donors (Lipinski definition) is 1. The molecule has 1 aromatic heterocycles. The second-order valence-corrected chi connectivity index (χ2v) is 4.52. The van der Waals surface area contributed by atoms with Gasteiger partial charge < -0.3 is 15.2 Å². The summed E-state index contributed by atoms with van der Waals surface area (Å²) in [4.78, 5) is 25.7. The number of carbonyl (C=O) groups excluding carboxylic acids is 2. The highest BCUT2D eigenvalue weighted by atomic mass is 19.1. The molecule has 0 atom stereocenters. The summed E-state index contributed by atoms with van der Waals surface area (Å²) in [6.07, 6.45) is 0. The smallest absolute Gasteiger partial charge is 0.230 e. The van der Waals surface area contributed by atoms with Gasteiger partial charge in [-0.1, -0.05) is 20.8 Å². The number of carbonyl (C=O) groups is 2. The lowest BCUT2D eigenvalue weighted by molar-refractivity contribution is -0.254. The van der Waals surface area contributed by atoms with Crippen molar-refractivity contribution < 1.29 is 19.1 Å². The van der Waals surface area contributed by atoms with E-state index >= 15 is 0 Å². The third-order valence-corrected chi connectivity index (χ3v) is 1.99. The highest BCUT2D eigenvalue weighted by Crippen LogP contribution is 2.18. The lowest BCUT2D eigenvalue weighted by atomic mass is 9.95. The van der Waals surface area contributed by atoms with Crippen LogP contribution in [0.1, 0.15) is 31.1 Å². The van der Waals surface area contributed by atoms with Crippen LogP contribution in [-0.4, -0.2) is 16.9 Å². The largest absolute Gasteiger partial charge is 0.545 e. The number of aromatic carboxylic acids is 1. The lowest BCUT2D eigenvalue weighted by Crippen LogP contribution is -2.31. The normalized spacial score (nSPS) is 11.1. The minimum atomic E-state index is -1.53. The van der Waals surface area contributed by atoms with Crippen LogP contribution < -0.4 is 10.4 Å². The second kappa shape index (κ2) is 4.48. The summed E-state index contributed by atoms with van der Waals surface area (Å²) in [7, 11) is 0. The van der Waals surface area contributed by atoms with Crippen LogP contribution >= 0.6 is 0 Å². The van der Waals surface area contributed by atoms with E-state index in [1.54, 1.807) is 20.8 Å². The van der Waals surface area contributed by atoms with Crippen molar-refractivity contribution in [2.24, 2.45) is 5.41 Å². The van der Waals surface area contributed by atoms with Crippen LogP contribution in [-0.2, 0) is 4.79 Å². The van der Waals surface area contributed by atoms with Gasteiger partial charge in [-0.2, -0.15) is 4.39 Å². The van der Waals surface area contributed by atoms with Gasteiger partial charge in [0, 0.05) is 11.0 Å². The molecule has 6 heteroatoms. The maximum atomic E-state index is 12.9. The van der Waals surface area contributed by atoms with Crippen molar-refractivity contribution in [1.29, 1.82) is 0 Å². The molecule has 1 rings (SSSR count). The van der Waals surface area contributed by atoms with Gasteiger partial charge in [0.15, 0.2) is 0 Å². The van der Waals surface area contributed by atoms with Crippen LogP contribution in [0.25, 0.3) is 0 Å². The highest BCUT2D eigenvalue weighted by molar-refractivity contribution is 6.00. The van der Waals surface area contributed by atoms with Crippen molar-refractivity contribution in [3.05, 3.63) is 23.6 Å². The zero-order valence-corrected chi connectivity index (χ0v) is 9.70. The number of aromatic nitrogens is 1. The summed E-state index contributed by atoms with van der Waals surface area (Å²) in [5, 5.41) is 13.0. The minimum Gasteiger partial charge on any atom is -0.545 e. The lowest BCUT2D eigenvalue weighted by Gasteiger charge is -2.18. The standard InChI is InChI=1S/C11H13FN2O3/c1-11(2,3)10(17)14-8-6(9(15)16)4-5-7(12)13-8/h4-5H,1-3H3,(H,15,16)(H,13,14,17)/p-1. The maximum Gasteiger partial charge on any atom is 0.230 e. The Labute approximate surface area is 97.7 Å². The zero-order valence-electron chi connectivity index (χ0n) is 9.70. The molecule has 0 spiro atoms. The number of rotatable bonds is 2. The van der Waals surface area contributed by atoms with Gasteiger partial charge in [0.1, 0.15) is 5.82 Å². The summed E-state index contributed by atoms with van der Waals surface area (Å²) >= 11 is 0. The fraction of sp³-hybridized carbons (Fsp3) is 0.364.